The quantitative estimate of drug-likeness (QED) is 0.114. The molecule has 12 nitrogen and oxygen atoms in total. The molecule has 1 heterocycles. The summed E-state index contributed by atoms with van der Waals surface area (Å²) < 4.78 is 60.8. The van der Waals surface area contributed by atoms with Gasteiger partial charge in [0.05, 0.1) is 53.3 Å². The summed E-state index contributed by atoms with van der Waals surface area (Å²) in [5.74, 6) is 2.05. The number of benzene rings is 2. The fraction of sp³-hybridized carbons (Fsp3) is 0.594. The molecule has 1 aliphatic rings. The minimum absolute atomic E-state index is 0.0469. The van der Waals surface area contributed by atoms with Gasteiger partial charge in [0, 0.05) is 12.8 Å². The van der Waals surface area contributed by atoms with Gasteiger partial charge in [0.2, 0.25) is 5.75 Å². The number of rotatable bonds is 18. The van der Waals surface area contributed by atoms with E-state index in [4.69, 9.17) is 28.4 Å². The van der Waals surface area contributed by atoms with Gasteiger partial charge in [0.25, 0.3) is 0 Å². The number of nitrogens with zero attached hydrogens (tertiary/aromatic N) is 1. The van der Waals surface area contributed by atoms with Crippen molar-refractivity contribution >= 4 is 15.9 Å². The van der Waals surface area contributed by atoms with Crippen LogP contribution in [0.15, 0.2) is 29.2 Å². The number of unbranched alkanes of at least 4 members (excludes halogenated alkanes) is 2. The lowest BCUT2D eigenvalue weighted by molar-refractivity contribution is -0.0437. The summed E-state index contributed by atoms with van der Waals surface area (Å²) in [5.41, 5.74) is 1.53. The summed E-state index contributed by atoms with van der Waals surface area (Å²) in [6.45, 7) is 5.14. The number of hydrogen-bond donors (Lipinski definition) is 2. The third-order valence-corrected chi connectivity index (χ3v) is 8.51. The molecular weight excluding hydrogens is 604 g/mol. The van der Waals surface area contributed by atoms with E-state index in [0.29, 0.717) is 85.3 Å². The molecule has 0 aromatic heterocycles. The first-order chi connectivity index (χ1) is 21.6. The number of hydrogen-bond acceptors (Lipinski definition) is 10. The summed E-state index contributed by atoms with van der Waals surface area (Å²) in [4.78, 5) is 12.0. The van der Waals surface area contributed by atoms with Crippen molar-refractivity contribution in [2.45, 2.75) is 75.9 Å². The number of urea groups is 1. The van der Waals surface area contributed by atoms with Crippen molar-refractivity contribution in [2.75, 3.05) is 53.9 Å². The normalized spacial score (nSPS) is 16.2. The van der Waals surface area contributed by atoms with Gasteiger partial charge in [-0.25, -0.2) is 18.3 Å². The Labute approximate surface area is 266 Å². The third-order valence-electron chi connectivity index (χ3n) is 7.41. The van der Waals surface area contributed by atoms with E-state index in [0.717, 1.165) is 18.2 Å². The van der Waals surface area contributed by atoms with Crippen LogP contribution in [0.3, 0.4) is 0 Å². The topological polar surface area (TPSA) is 142 Å². The molecule has 3 rings (SSSR count). The zero-order valence-corrected chi connectivity index (χ0v) is 28.0. The molecule has 1 fully saturated rings. The Kier molecular flexibility index (Phi) is 13.9. The van der Waals surface area contributed by atoms with Gasteiger partial charge >= 0.3 is 6.03 Å². The molecule has 2 amide bonds. The van der Waals surface area contributed by atoms with Crippen molar-refractivity contribution in [1.82, 2.24) is 10.4 Å². The number of sulfone groups is 1. The van der Waals surface area contributed by atoms with E-state index >= 15 is 0 Å². The highest BCUT2D eigenvalue weighted by Crippen LogP contribution is 2.48. The van der Waals surface area contributed by atoms with Gasteiger partial charge in [-0.1, -0.05) is 20.3 Å². The van der Waals surface area contributed by atoms with Gasteiger partial charge in [0.15, 0.2) is 32.8 Å². The van der Waals surface area contributed by atoms with Gasteiger partial charge in [-0.15, -0.1) is 0 Å². The predicted molar refractivity (Wildman–Crippen MR) is 169 cm³/mol. The number of amides is 2. The Bertz CT molecular complexity index is 1340. The van der Waals surface area contributed by atoms with Crippen LogP contribution in [0.2, 0.25) is 0 Å². The molecule has 0 aliphatic carbocycles. The predicted octanol–water partition coefficient (Wildman–Crippen LogP) is 5.86. The van der Waals surface area contributed by atoms with E-state index in [2.05, 4.69) is 5.32 Å². The fourth-order valence-corrected chi connectivity index (χ4v) is 5.88. The molecule has 13 heteroatoms. The largest absolute Gasteiger partial charge is 0.493 e. The first kappa shape index (κ1) is 36.1. The van der Waals surface area contributed by atoms with Crippen LogP contribution in [0.1, 0.15) is 82.1 Å². The van der Waals surface area contributed by atoms with Crippen molar-refractivity contribution in [3.8, 4) is 28.7 Å². The molecule has 0 spiro atoms. The van der Waals surface area contributed by atoms with Crippen LogP contribution >= 0.6 is 0 Å². The van der Waals surface area contributed by atoms with E-state index < -0.39 is 15.9 Å². The van der Waals surface area contributed by atoms with Crippen molar-refractivity contribution in [3.63, 3.8) is 0 Å². The number of nitrogens with one attached hydrogen (secondary N) is 1. The molecule has 1 aliphatic heterocycles. The molecule has 0 unspecified atom stereocenters. The molecule has 0 saturated carbocycles. The van der Waals surface area contributed by atoms with Crippen LogP contribution < -0.4 is 29.0 Å². The number of carbonyl (C=O) groups excluding carboxylic acids is 1. The Morgan fingerprint density at radius 1 is 0.867 bits per heavy atom. The minimum atomic E-state index is -3.68. The Hall–Kier alpha value is -3.42. The zero-order chi connectivity index (χ0) is 33.0. The molecule has 2 aromatic rings. The second-order valence-corrected chi connectivity index (χ2v) is 12.9. The van der Waals surface area contributed by atoms with E-state index in [1.54, 1.807) is 33.5 Å². The summed E-state index contributed by atoms with van der Waals surface area (Å²) >= 11 is 0. The molecule has 1 saturated heterocycles. The van der Waals surface area contributed by atoms with Crippen LogP contribution in [-0.4, -0.2) is 78.6 Å². The number of methoxy groups -OCH3 is 3. The molecule has 45 heavy (non-hydrogen) atoms. The highest BCUT2D eigenvalue weighted by molar-refractivity contribution is 7.90. The van der Waals surface area contributed by atoms with Crippen LogP contribution in [0, 0.1) is 0 Å². The maximum absolute atomic E-state index is 12.9. The highest BCUT2D eigenvalue weighted by atomic mass is 32.2. The number of hydroxylamine groups is 2. The van der Waals surface area contributed by atoms with Gasteiger partial charge < -0.3 is 33.7 Å². The smallest absolute Gasteiger partial charge is 0.341 e. The lowest BCUT2D eigenvalue weighted by atomic mass is 10.0. The lowest BCUT2D eigenvalue weighted by Gasteiger charge is -2.21. The van der Waals surface area contributed by atoms with Gasteiger partial charge in [-0.05, 0) is 73.9 Å². The first-order valence-electron chi connectivity index (χ1n) is 15.4. The second kappa shape index (κ2) is 17.3. The molecule has 2 N–H and O–H groups in total. The maximum atomic E-state index is 12.9. The average molecular weight is 653 g/mol. The molecular formula is C32H48N2O10S. The Balaban J connectivity index is 1.78. The fourth-order valence-electron chi connectivity index (χ4n) is 5.03. The number of ether oxygens (including phenoxy) is 6. The summed E-state index contributed by atoms with van der Waals surface area (Å²) in [6.07, 6.45) is 5.27. The number of carbonyl (C=O) groups is 1. The third kappa shape index (κ3) is 9.78. The monoisotopic (exact) mass is 652 g/mol. The van der Waals surface area contributed by atoms with Crippen molar-refractivity contribution in [1.29, 1.82) is 0 Å². The summed E-state index contributed by atoms with van der Waals surface area (Å²) in [6, 6.07) is 6.59. The standard InChI is InChI=1S/C32H48N2O10S/c1-7-9-15-34(36)32(35)33-14-10-11-17-42-28-20-23(21-29(45(6,37)38)31(28)43-16-8-2)25-13-12-24(44-25)22-18-26(39-3)30(41-5)27(19-22)40-4/h18-21,24-25,36H,7-17H2,1-6H3,(H,33,35)/t24-,25+/m1/s1. The maximum Gasteiger partial charge on any atom is 0.341 e. The van der Waals surface area contributed by atoms with E-state index in [9.17, 15) is 18.4 Å². The SMILES string of the molecule is CCCCN(O)C(=O)NCCCCOc1cc([C@@H]2CC[C@H](c3cc(OC)c(OC)c(OC)c3)O2)cc(S(C)(=O)=O)c1OCCC. The summed E-state index contributed by atoms with van der Waals surface area (Å²) in [5, 5.41) is 13.1. The van der Waals surface area contributed by atoms with Crippen LogP contribution in [0.4, 0.5) is 4.79 Å². The van der Waals surface area contributed by atoms with Gasteiger partial charge in [-0.3, -0.25) is 5.21 Å². The van der Waals surface area contributed by atoms with Crippen molar-refractivity contribution in [2.24, 2.45) is 0 Å². The van der Waals surface area contributed by atoms with Crippen LogP contribution in [0.25, 0.3) is 0 Å². The minimum Gasteiger partial charge on any atom is -0.493 e. The summed E-state index contributed by atoms with van der Waals surface area (Å²) in [7, 11) is 0.988. The van der Waals surface area contributed by atoms with Crippen LogP contribution in [-0.2, 0) is 14.6 Å². The van der Waals surface area contributed by atoms with E-state index in [-0.39, 0.29) is 36.0 Å². The first-order valence-corrected chi connectivity index (χ1v) is 17.3. The molecule has 2 aromatic carbocycles. The van der Waals surface area contributed by atoms with E-state index in [1.165, 1.54) is 0 Å². The van der Waals surface area contributed by atoms with E-state index in [1.807, 2.05) is 26.0 Å². The van der Waals surface area contributed by atoms with Crippen LogP contribution in [0.5, 0.6) is 28.7 Å². The van der Waals surface area contributed by atoms with Crippen molar-refractivity contribution < 1.29 is 46.8 Å². The molecule has 0 bridgehead atoms. The lowest BCUT2D eigenvalue weighted by Crippen LogP contribution is -2.38. The highest BCUT2D eigenvalue weighted by Gasteiger charge is 2.32. The average Bonchev–Trinajstić information content (AvgIpc) is 3.53. The van der Waals surface area contributed by atoms with Gasteiger partial charge in [-0.2, -0.15) is 0 Å². The second-order valence-electron chi connectivity index (χ2n) is 10.9. The molecule has 0 radical (unpaired) electrons. The zero-order valence-electron chi connectivity index (χ0n) is 27.2. The molecule has 2 atom stereocenters. The van der Waals surface area contributed by atoms with Gasteiger partial charge in [0.1, 0.15) is 4.90 Å². The Morgan fingerprint density at radius 3 is 2.04 bits per heavy atom. The Morgan fingerprint density at radius 2 is 1.49 bits per heavy atom. The van der Waals surface area contributed by atoms with Crippen molar-refractivity contribution in [3.05, 3.63) is 35.4 Å². The molecule has 252 valence electrons.